The van der Waals surface area contributed by atoms with Gasteiger partial charge in [-0.3, -0.25) is 0 Å². The van der Waals surface area contributed by atoms with Crippen molar-refractivity contribution in [1.29, 1.82) is 5.26 Å². The van der Waals surface area contributed by atoms with Gasteiger partial charge in [0.1, 0.15) is 5.82 Å². The Bertz CT molecular complexity index is 448. The Hall–Kier alpha value is -1.60. The summed E-state index contributed by atoms with van der Waals surface area (Å²) in [5.74, 6) is 0.105. The second-order valence-electron chi connectivity index (χ2n) is 4.86. The molecule has 4 heteroatoms. The van der Waals surface area contributed by atoms with Crippen molar-refractivity contribution in [3.8, 4) is 6.07 Å². The van der Waals surface area contributed by atoms with E-state index < -0.39 is 0 Å². The summed E-state index contributed by atoms with van der Waals surface area (Å²) >= 11 is 0. The van der Waals surface area contributed by atoms with Gasteiger partial charge in [-0.05, 0) is 49.8 Å². The first-order valence-corrected chi connectivity index (χ1v) is 6.30. The number of halogens is 1. The molecule has 0 atom stereocenters. The lowest BCUT2D eigenvalue weighted by Gasteiger charge is -2.25. The van der Waals surface area contributed by atoms with Gasteiger partial charge in [-0.1, -0.05) is 0 Å². The number of nitrogens with one attached hydrogen (secondary N) is 1. The number of rotatable bonds is 3. The van der Waals surface area contributed by atoms with E-state index in [2.05, 4.69) is 5.32 Å². The average molecular weight is 248 g/mol. The minimum atomic E-state index is -0.384. The maximum Gasteiger partial charge on any atom is 0.147 e. The molecule has 2 N–H and O–H groups in total. The molecule has 0 amide bonds. The molecule has 0 bridgehead atoms. The van der Waals surface area contributed by atoms with Crippen LogP contribution in [0.3, 0.4) is 0 Å². The second kappa shape index (κ2) is 5.83. The number of nitrogens with zero attached hydrogens (tertiary/aromatic N) is 1. The van der Waals surface area contributed by atoms with Crippen molar-refractivity contribution in [3.05, 3.63) is 29.6 Å². The molecule has 0 aliphatic heterocycles. The van der Waals surface area contributed by atoms with E-state index >= 15 is 0 Å². The second-order valence-corrected chi connectivity index (χ2v) is 4.86. The predicted molar refractivity (Wildman–Crippen MR) is 67.6 cm³/mol. The Morgan fingerprint density at radius 1 is 1.33 bits per heavy atom. The van der Waals surface area contributed by atoms with E-state index in [0.717, 1.165) is 32.2 Å². The molecular formula is C14H17FN2O. The van der Waals surface area contributed by atoms with Gasteiger partial charge in [0.05, 0.1) is 23.4 Å². The number of hydrogen-bond acceptors (Lipinski definition) is 3. The smallest absolute Gasteiger partial charge is 0.147 e. The van der Waals surface area contributed by atoms with Crippen LogP contribution < -0.4 is 5.32 Å². The average Bonchev–Trinajstić information content (AvgIpc) is 2.39. The quantitative estimate of drug-likeness (QED) is 0.864. The number of nitriles is 1. The highest BCUT2D eigenvalue weighted by molar-refractivity contribution is 5.48. The zero-order chi connectivity index (χ0) is 13.0. The molecule has 1 aliphatic carbocycles. The fourth-order valence-electron chi connectivity index (χ4n) is 2.33. The fourth-order valence-corrected chi connectivity index (χ4v) is 2.33. The van der Waals surface area contributed by atoms with Crippen LogP contribution in [0.5, 0.6) is 0 Å². The maximum absolute atomic E-state index is 13.6. The highest BCUT2D eigenvalue weighted by Crippen LogP contribution is 2.25. The third-order valence-electron chi connectivity index (χ3n) is 3.50. The minimum Gasteiger partial charge on any atom is -0.393 e. The lowest BCUT2D eigenvalue weighted by molar-refractivity contribution is 0.111. The molecule has 0 radical (unpaired) electrons. The fraction of sp³-hybridized carbons (Fsp3) is 0.500. The Morgan fingerprint density at radius 3 is 2.67 bits per heavy atom. The van der Waals surface area contributed by atoms with Gasteiger partial charge in [-0.2, -0.15) is 5.26 Å². The summed E-state index contributed by atoms with van der Waals surface area (Å²) in [7, 11) is 0. The molecular weight excluding hydrogens is 231 g/mol. The summed E-state index contributed by atoms with van der Waals surface area (Å²) in [5.41, 5.74) is 0.777. The summed E-state index contributed by atoms with van der Waals surface area (Å²) in [6, 6.07) is 6.36. The van der Waals surface area contributed by atoms with Gasteiger partial charge >= 0.3 is 0 Å². The first-order valence-electron chi connectivity index (χ1n) is 6.30. The van der Waals surface area contributed by atoms with E-state index in [1.54, 1.807) is 12.1 Å². The van der Waals surface area contributed by atoms with Gasteiger partial charge in [0, 0.05) is 6.54 Å². The molecule has 0 aromatic heterocycles. The van der Waals surface area contributed by atoms with E-state index in [1.165, 1.54) is 6.07 Å². The van der Waals surface area contributed by atoms with Crippen LogP contribution in [0, 0.1) is 23.1 Å². The summed E-state index contributed by atoms with van der Waals surface area (Å²) in [6.45, 7) is 0.718. The monoisotopic (exact) mass is 248 g/mol. The van der Waals surface area contributed by atoms with Crippen molar-refractivity contribution in [2.24, 2.45) is 5.92 Å². The summed E-state index contributed by atoms with van der Waals surface area (Å²) < 4.78 is 13.6. The van der Waals surface area contributed by atoms with Crippen LogP contribution >= 0.6 is 0 Å². The number of aliphatic hydroxyl groups is 1. The molecule has 1 saturated carbocycles. The molecule has 3 nitrogen and oxygen atoms in total. The van der Waals surface area contributed by atoms with Crippen LogP contribution in [-0.4, -0.2) is 17.8 Å². The Morgan fingerprint density at radius 2 is 2.06 bits per heavy atom. The maximum atomic E-state index is 13.6. The lowest BCUT2D eigenvalue weighted by Crippen LogP contribution is -2.23. The molecule has 2 rings (SSSR count). The van der Waals surface area contributed by atoms with Crippen LogP contribution in [0.4, 0.5) is 10.1 Å². The predicted octanol–water partition coefficient (Wildman–Crippen LogP) is 2.66. The Labute approximate surface area is 106 Å². The van der Waals surface area contributed by atoms with Crippen molar-refractivity contribution >= 4 is 5.69 Å². The molecule has 1 aliphatic rings. The van der Waals surface area contributed by atoms with Crippen molar-refractivity contribution < 1.29 is 9.50 Å². The Kier molecular flexibility index (Phi) is 4.16. The molecule has 1 aromatic rings. The van der Waals surface area contributed by atoms with Crippen LogP contribution in [0.15, 0.2) is 18.2 Å². The molecule has 0 unspecified atom stereocenters. The Balaban J connectivity index is 1.89. The first kappa shape index (κ1) is 12.8. The number of benzene rings is 1. The standard InChI is InChI=1S/C14H17FN2O/c15-13-7-11(8-16)3-6-14(13)17-9-10-1-4-12(18)5-2-10/h3,6-7,10,12,17-18H,1-2,4-5,9H2. The van der Waals surface area contributed by atoms with Crippen LogP contribution in [0.25, 0.3) is 0 Å². The highest BCUT2D eigenvalue weighted by atomic mass is 19.1. The highest BCUT2D eigenvalue weighted by Gasteiger charge is 2.19. The first-order chi connectivity index (χ1) is 8.69. The van der Waals surface area contributed by atoms with E-state index in [-0.39, 0.29) is 11.9 Å². The summed E-state index contributed by atoms with van der Waals surface area (Å²) in [4.78, 5) is 0. The summed E-state index contributed by atoms with van der Waals surface area (Å²) in [5, 5.41) is 21.1. The molecule has 1 aromatic carbocycles. The van der Waals surface area contributed by atoms with E-state index in [1.807, 2.05) is 6.07 Å². The van der Waals surface area contributed by atoms with Gasteiger partial charge in [0.2, 0.25) is 0 Å². The molecule has 0 spiro atoms. The number of aliphatic hydroxyl groups excluding tert-OH is 1. The largest absolute Gasteiger partial charge is 0.393 e. The van der Waals surface area contributed by atoms with Crippen LogP contribution in [0.2, 0.25) is 0 Å². The van der Waals surface area contributed by atoms with Crippen molar-refractivity contribution in [2.45, 2.75) is 31.8 Å². The van der Waals surface area contributed by atoms with Crippen molar-refractivity contribution in [1.82, 2.24) is 0 Å². The van der Waals surface area contributed by atoms with Crippen molar-refractivity contribution in [2.75, 3.05) is 11.9 Å². The van der Waals surface area contributed by atoms with Crippen LogP contribution in [0.1, 0.15) is 31.2 Å². The zero-order valence-electron chi connectivity index (χ0n) is 10.2. The molecule has 18 heavy (non-hydrogen) atoms. The normalized spacial score (nSPS) is 23.4. The van der Waals surface area contributed by atoms with Gasteiger partial charge in [-0.25, -0.2) is 4.39 Å². The molecule has 1 fully saturated rings. The van der Waals surface area contributed by atoms with Crippen molar-refractivity contribution in [3.63, 3.8) is 0 Å². The lowest BCUT2D eigenvalue weighted by atomic mass is 9.87. The van der Waals surface area contributed by atoms with E-state index in [4.69, 9.17) is 5.26 Å². The summed E-state index contributed by atoms with van der Waals surface area (Å²) in [6.07, 6.45) is 3.47. The van der Waals surface area contributed by atoms with Gasteiger partial charge in [0.15, 0.2) is 0 Å². The topological polar surface area (TPSA) is 56.0 Å². The minimum absolute atomic E-state index is 0.159. The molecule has 0 saturated heterocycles. The third-order valence-corrected chi connectivity index (χ3v) is 3.50. The SMILES string of the molecule is N#Cc1ccc(NCC2CCC(O)CC2)c(F)c1. The van der Waals surface area contributed by atoms with Crippen LogP contribution in [-0.2, 0) is 0 Å². The van der Waals surface area contributed by atoms with Gasteiger partial charge in [-0.15, -0.1) is 0 Å². The zero-order valence-corrected chi connectivity index (χ0v) is 10.2. The van der Waals surface area contributed by atoms with E-state index in [9.17, 15) is 9.50 Å². The van der Waals surface area contributed by atoms with Gasteiger partial charge < -0.3 is 10.4 Å². The molecule has 0 heterocycles. The number of anilines is 1. The number of hydrogen-bond donors (Lipinski definition) is 2. The van der Waals surface area contributed by atoms with Gasteiger partial charge in [0.25, 0.3) is 0 Å². The molecule has 96 valence electrons. The van der Waals surface area contributed by atoms with E-state index in [0.29, 0.717) is 17.2 Å². The third kappa shape index (κ3) is 3.21.